The highest BCUT2D eigenvalue weighted by Crippen LogP contribution is 2.10. The average molecular weight is 255 g/mol. The lowest BCUT2D eigenvalue weighted by atomic mass is 10.2. The highest BCUT2D eigenvalue weighted by Gasteiger charge is 1.97. The summed E-state index contributed by atoms with van der Waals surface area (Å²) in [5.41, 5.74) is 1.93. The van der Waals surface area contributed by atoms with Crippen LogP contribution < -0.4 is 0 Å². The van der Waals surface area contributed by atoms with E-state index in [0.717, 1.165) is 22.4 Å². The molecule has 2 nitrogen and oxygen atoms in total. The van der Waals surface area contributed by atoms with E-state index in [-0.39, 0.29) is 0 Å². The maximum Gasteiger partial charge on any atom is 0.125 e. The molecule has 0 aliphatic heterocycles. The largest absolute Gasteiger partial charge is 0.257 e. The number of aromatic nitrogens is 2. The van der Waals surface area contributed by atoms with E-state index in [1.54, 1.807) is 6.20 Å². The fourth-order valence-corrected chi connectivity index (χ4v) is 1.41. The molecule has 0 unspecified atom stereocenters. The lowest BCUT2D eigenvalue weighted by molar-refractivity contribution is 0.816. The zero-order chi connectivity index (χ0) is 10.4. The Bertz CT molecular complexity index is 321. The third-order valence-corrected chi connectivity index (χ3v) is 2.34. The molecule has 0 saturated heterocycles. The van der Waals surface area contributed by atoms with Crippen LogP contribution in [0.15, 0.2) is 16.9 Å². The van der Waals surface area contributed by atoms with Gasteiger partial charge in [-0.2, -0.15) is 0 Å². The minimum absolute atomic E-state index is 0.790. The van der Waals surface area contributed by atoms with Gasteiger partial charge in [0.1, 0.15) is 4.60 Å². The number of allylic oxidation sites excluding steroid dienone is 1. The molecular weight excluding hydrogens is 240 g/mol. The van der Waals surface area contributed by atoms with Crippen molar-refractivity contribution in [1.82, 2.24) is 9.97 Å². The fourth-order valence-electron chi connectivity index (χ4n) is 1.12. The van der Waals surface area contributed by atoms with Gasteiger partial charge in [0, 0.05) is 0 Å². The lowest BCUT2D eigenvalue weighted by Crippen LogP contribution is -1.90. The van der Waals surface area contributed by atoms with Gasteiger partial charge in [0.15, 0.2) is 0 Å². The summed E-state index contributed by atoms with van der Waals surface area (Å²) in [5, 5.41) is 0. The number of hydrogen-bond acceptors (Lipinski definition) is 2. The van der Waals surface area contributed by atoms with E-state index in [4.69, 9.17) is 0 Å². The summed E-state index contributed by atoms with van der Waals surface area (Å²) in [5.74, 6) is 0. The Balaban J connectivity index is 2.65. The lowest BCUT2D eigenvalue weighted by Gasteiger charge is -1.98. The van der Waals surface area contributed by atoms with E-state index < -0.39 is 0 Å². The van der Waals surface area contributed by atoms with Crippen molar-refractivity contribution >= 4 is 22.0 Å². The maximum atomic E-state index is 4.34. The first-order chi connectivity index (χ1) is 6.74. The van der Waals surface area contributed by atoms with Gasteiger partial charge in [-0.1, -0.05) is 25.8 Å². The second kappa shape index (κ2) is 5.91. The second-order valence-electron chi connectivity index (χ2n) is 3.21. The molecule has 0 aliphatic carbocycles. The molecule has 1 rings (SSSR count). The molecule has 0 N–H and O–H groups in total. The van der Waals surface area contributed by atoms with Crippen molar-refractivity contribution in [2.75, 3.05) is 0 Å². The number of aryl methyl sites for hydroxylation is 1. The Morgan fingerprint density at radius 2 is 2.29 bits per heavy atom. The van der Waals surface area contributed by atoms with Crippen molar-refractivity contribution < 1.29 is 0 Å². The first kappa shape index (κ1) is 11.4. The van der Waals surface area contributed by atoms with E-state index >= 15 is 0 Å². The smallest absolute Gasteiger partial charge is 0.125 e. The van der Waals surface area contributed by atoms with Crippen LogP contribution in [0.2, 0.25) is 0 Å². The first-order valence-electron chi connectivity index (χ1n) is 4.89. The minimum Gasteiger partial charge on any atom is -0.257 e. The molecule has 76 valence electrons. The molecule has 0 radical (unpaired) electrons. The van der Waals surface area contributed by atoms with Gasteiger partial charge in [-0.05, 0) is 35.4 Å². The summed E-state index contributed by atoms with van der Waals surface area (Å²) >= 11 is 3.31. The monoisotopic (exact) mass is 254 g/mol. The molecule has 0 saturated carbocycles. The Kier molecular flexibility index (Phi) is 4.80. The maximum absolute atomic E-state index is 4.34. The summed E-state index contributed by atoms with van der Waals surface area (Å²) in [7, 11) is 0. The van der Waals surface area contributed by atoms with E-state index in [9.17, 15) is 0 Å². The van der Waals surface area contributed by atoms with Crippen molar-refractivity contribution in [3.63, 3.8) is 0 Å². The van der Waals surface area contributed by atoms with Crippen LogP contribution in [-0.2, 0) is 0 Å². The quantitative estimate of drug-likeness (QED) is 0.765. The molecule has 0 fully saturated rings. The molecule has 0 aromatic carbocycles. The molecule has 0 spiro atoms. The third-order valence-electron chi connectivity index (χ3n) is 1.96. The molecule has 0 atom stereocenters. The van der Waals surface area contributed by atoms with Gasteiger partial charge < -0.3 is 0 Å². The average Bonchev–Trinajstić information content (AvgIpc) is 2.18. The van der Waals surface area contributed by atoms with E-state index in [0.29, 0.717) is 0 Å². The number of halogens is 1. The van der Waals surface area contributed by atoms with Gasteiger partial charge in [0.25, 0.3) is 0 Å². The predicted molar refractivity (Wildman–Crippen MR) is 63.0 cm³/mol. The van der Waals surface area contributed by atoms with Gasteiger partial charge in [-0.3, -0.25) is 4.98 Å². The van der Waals surface area contributed by atoms with Crippen molar-refractivity contribution in [3.05, 3.63) is 28.3 Å². The fraction of sp³-hybridized carbons (Fsp3) is 0.455. The molecule has 1 aromatic heterocycles. The van der Waals surface area contributed by atoms with Crippen LogP contribution in [0.1, 0.15) is 37.6 Å². The molecule has 0 bridgehead atoms. The summed E-state index contributed by atoms with van der Waals surface area (Å²) in [6.45, 7) is 4.16. The molecule has 1 heterocycles. The molecule has 1 aromatic rings. The second-order valence-corrected chi connectivity index (χ2v) is 4.02. The van der Waals surface area contributed by atoms with Crippen LogP contribution in [0.5, 0.6) is 0 Å². The SMILES string of the molecule is CCCC/C=C\c1nc(Br)cnc1C. The van der Waals surface area contributed by atoms with Gasteiger partial charge in [0.05, 0.1) is 17.6 Å². The van der Waals surface area contributed by atoms with E-state index in [2.05, 4.69) is 38.9 Å². The Hall–Kier alpha value is -0.700. The third kappa shape index (κ3) is 3.58. The van der Waals surface area contributed by atoms with Crippen molar-refractivity contribution in [2.24, 2.45) is 0 Å². The van der Waals surface area contributed by atoms with Crippen LogP contribution in [-0.4, -0.2) is 9.97 Å². The van der Waals surface area contributed by atoms with Gasteiger partial charge in [-0.15, -0.1) is 0 Å². The van der Waals surface area contributed by atoms with Gasteiger partial charge in [-0.25, -0.2) is 4.98 Å². The molecule has 0 amide bonds. The summed E-state index contributed by atoms with van der Waals surface area (Å²) in [6, 6.07) is 0. The zero-order valence-corrected chi connectivity index (χ0v) is 10.2. The first-order valence-corrected chi connectivity index (χ1v) is 5.69. The van der Waals surface area contributed by atoms with Gasteiger partial charge in [0.2, 0.25) is 0 Å². The number of rotatable bonds is 4. The minimum atomic E-state index is 0.790. The van der Waals surface area contributed by atoms with Crippen molar-refractivity contribution in [3.8, 4) is 0 Å². The highest BCUT2D eigenvalue weighted by atomic mass is 79.9. The van der Waals surface area contributed by atoms with Crippen molar-refractivity contribution in [2.45, 2.75) is 33.1 Å². The van der Waals surface area contributed by atoms with Crippen LogP contribution in [0.25, 0.3) is 6.08 Å². The molecular formula is C11H15BrN2. The van der Waals surface area contributed by atoms with Crippen LogP contribution in [0.3, 0.4) is 0 Å². The van der Waals surface area contributed by atoms with Crippen LogP contribution >= 0.6 is 15.9 Å². The zero-order valence-electron chi connectivity index (χ0n) is 8.63. The predicted octanol–water partition coefficient (Wildman–Crippen LogP) is 3.75. The number of unbranched alkanes of at least 4 members (excludes halogenated alkanes) is 2. The van der Waals surface area contributed by atoms with E-state index in [1.807, 2.05) is 13.0 Å². The standard InChI is InChI=1S/C11H15BrN2/c1-3-4-5-6-7-10-9(2)13-8-11(12)14-10/h6-8H,3-5H2,1-2H3/b7-6-. The number of nitrogens with zero attached hydrogens (tertiary/aromatic N) is 2. The van der Waals surface area contributed by atoms with Crippen LogP contribution in [0, 0.1) is 6.92 Å². The topological polar surface area (TPSA) is 25.8 Å². The Labute approximate surface area is 93.6 Å². The summed E-state index contributed by atoms with van der Waals surface area (Å²) in [4.78, 5) is 8.55. The number of hydrogen-bond donors (Lipinski definition) is 0. The summed E-state index contributed by atoms with van der Waals surface area (Å²) < 4.78 is 0.790. The highest BCUT2D eigenvalue weighted by molar-refractivity contribution is 9.10. The molecule has 14 heavy (non-hydrogen) atoms. The van der Waals surface area contributed by atoms with Gasteiger partial charge >= 0.3 is 0 Å². The Morgan fingerprint density at radius 1 is 1.50 bits per heavy atom. The summed E-state index contributed by atoms with van der Waals surface area (Å²) in [6.07, 6.45) is 9.50. The normalized spacial score (nSPS) is 11.1. The van der Waals surface area contributed by atoms with Crippen molar-refractivity contribution in [1.29, 1.82) is 0 Å². The Morgan fingerprint density at radius 3 is 3.00 bits per heavy atom. The molecule has 3 heteroatoms. The van der Waals surface area contributed by atoms with Crippen LogP contribution in [0.4, 0.5) is 0 Å². The molecule has 0 aliphatic rings. The van der Waals surface area contributed by atoms with E-state index in [1.165, 1.54) is 12.8 Å².